The number of benzene rings is 1. The minimum atomic E-state index is -0.143. The molecule has 5 nitrogen and oxygen atoms in total. The quantitative estimate of drug-likeness (QED) is 0.860. The highest BCUT2D eigenvalue weighted by atomic mass is 32.1. The Morgan fingerprint density at radius 2 is 2.19 bits per heavy atom. The Balaban J connectivity index is 2.17. The number of anilines is 1. The molecule has 0 aliphatic rings. The van der Waals surface area contributed by atoms with E-state index < -0.39 is 0 Å². The summed E-state index contributed by atoms with van der Waals surface area (Å²) in [6, 6.07) is 5.61. The molecule has 6 heteroatoms. The maximum absolute atomic E-state index is 12.2. The monoisotopic (exact) mass is 308 g/mol. The fourth-order valence-electron chi connectivity index (χ4n) is 2.08. The SMILES string of the molecule is COCC(C)CNC(=O)c1sc2cc(OC)ccc2c1N. The van der Waals surface area contributed by atoms with Crippen LogP contribution >= 0.6 is 11.3 Å². The molecule has 2 rings (SSSR count). The largest absolute Gasteiger partial charge is 0.497 e. The third-order valence-electron chi connectivity index (χ3n) is 3.20. The van der Waals surface area contributed by atoms with Crippen molar-refractivity contribution in [2.24, 2.45) is 5.92 Å². The molecule has 1 unspecified atom stereocenters. The summed E-state index contributed by atoms with van der Waals surface area (Å²) < 4.78 is 11.2. The van der Waals surface area contributed by atoms with E-state index in [0.29, 0.717) is 23.7 Å². The standard InChI is InChI=1S/C15H20N2O3S/c1-9(8-19-2)7-17-15(18)14-13(16)11-5-4-10(20-3)6-12(11)21-14/h4-6,9H,7-8,16H2,1-3H3,(H,17,18). The van der Waals surface area contributed by atoms with Gasteiger partial charge in [-0.2, -0.15) is 0 Å². The van der Waals surface area contributed by atoms with Crippen molar-refractivity contribution < 1.29 is 14.3 Å². The molecule has 0 radical (unpaired) electrons. The van der Waals surface area contributed by atoms with Crippen LogP contribution in [0.25, 0.3) is 10.1 Å². The van der Waals surface area contributed by atoms with E-state index in [9.17, 15) is 4.79 Å². The summed E-state index contributed by atoms with van der Waals surface area (Å²) in [6.45, 7) is 3.19. The number of hydrogen-bond donors (Lipinski definition) is 2. The Morgan fingerprint density at radius 3 is 2.86 bits per heavy atom. The summed E-state index contributed by atoms with van der Waals surface area (Å²) in [4.78, 5) is 12.8. The van der Waals surface area contributed by atoms with Gasteiger partial charge in [-0.3, -0.25) is 4.79 Å². The lowest BCUT2D eigenvalue weighted by atomic mass is 10.2. The number of carbonyl (C=O) groups excluding carboxylic acids is 1. The molecule has 0 aliphatic heterocycles. The van der Waals surface area contributed by atoms with Gasteiger partial charge in [0.15, 0.2) is 0 Å². The fourth-order valence-corrected chi connectivity index (χ4v) is 3.15. The van der Waals surface area contributed by atoms with Crippen LogP contribution in [-0.2, 0) is 4.74 Å². The molecule has 0 saturated heterocycles. The summed E-state index contributed by atoms with van der Waals surface area (Å²) in [7, 11) is 3.26. The van der Waals surface area contributed by atoms with Crippen molar-refractivity contribution in [1.82, 2.24) is 5.32 Å². The third-order valence-corrected chi connectivity index (χ3v) is 4.37. The molecular formula is C15H20N2O3S. The van der Waals surface area contributed by atoms with E-state index >= 15 is 0 Å². The van der Waals surface area contributed by atoms with E-state index in [-0.39, 0.29) is 11.8 Å². The minimum Gasteiger partial charge on any atom is -0.497 e. The predicted molar refractivity (Wildman–Crippen MR) is 86.2 cm³/mol. The van der Waals surface area contributed by atoms with E-state index in [1.165, 1.54) is 11.3 Å². The number of nitrogens with two attached hydrogens (primary N) is 1. The van der Waals surface area contributed by atoms with Crippen LogP contribution in [-0.4, -0.2) is 33.3 Å². The van der Waals surface area contributed by atoms with Crippen molar-refractivity contribution in [3.8, 4) is 5.75 Å². The van der Waals surface area contributed by atoms with Gasteiger partial charge in [0.05, 0.1) is 19.4 Å². The maximum Gasteiger partial charge on any atom is 0.263 e. The molecule has 0 saturated carbocycles. The van der Waals surface area contributed by atoms with Crippen LogP contribution in [0, 0.1) is 5.92 Å². The molecule has 1 atom stereocenters. The smallest absolute Gasteiger partial charge is 0.263 e. The molecule has 2 aromatic rings. The van der Waals surface area contributed by atoms with Crippen molar-refractivity contribution in [2.45, 2.75) is 6.92 Å². The summed E-state index contributed by atoms with van der Waals surface area (Å²) in [5.74, 6) is 0.870. The van der Waals surface area contributed by atoms with E-state index in [0.717, 1.165) is 15.8 Å². The van der Waals surface area contributed by atoms with Gasteiger partial charge in [-0.15, -0.1) is 11.3 Å². The van der Waals surface area contributed by atoms with Gasteiger partial charge in [-0.1, -0.05) is 6.92 Å². The highest BCUT2D eigenvalue weighted by Gasteiger charge is 2.17. The molecular weight excluding hydrogens is 288 g/mol. The average molecular weight is 308 g/mol. The second-order valence-electron chi connectivity index (χ2n) is 4.98. The lowest BCUT2D eigenvalue weighted by molar-refractivity contribution is 0.0939. The number of nitrogen functional groups attached to an aromatic ring is 1. The fraction of sp³-hybridized carbons (Fsp3) is 0.400. The first-order valence-electron chi connectivity index (χ1n) is 6.70. The van der Waals surface area contributed by atoms with Gasteiger partial charge in [0, 0.05) is 23.7 Å². The predicted octanol–water partition coefficient (Wildman–Crippen LogP) is 2.50. The lowest BCUT2D eigenvalue weighted by Gasteiger charge is -2.10. The molecule has 0 spiro atoms. The van der Waals surface area contributed by atoms with Gasteiger partial charge >= 0.3 is 0 Å². The molecule has 0 bridgehead atoms. The number of nitrogens with one attached hydrogen (secondary N) is 1. The molecule has 3 N–H and O–H groups in total. The zero-order chi connectivity index (χ0) is 15.4. The van der Waals surface area contributed by atoms with Crippen LogP contribution in [0.5, 0.6) is 5.75 Å². The molecule has 0 aliphatic carbocycles. The maximum atomic E-state index is 12.2. The van der Waals surface area contributed by atoms with Gasteiger partial charge in [0.25, 0.3) is 5.91 Å². The van der Waals surface area contributed by atoms with Crippen molar-refractivity contribution in [3.63, 3.8) is 0 Å². The summed E-state index contributed by atoms with van der Waals surface area (Å²) in [5, 5.41) is 3.78. The Morgan fingerprint density at radius 1 is 1.43 bits per heavy atom. The van der Waals surface area contributed by atoms with Crippen molar-refractivity contribution in [3.05, 3.63) is 23.1 Å². The number of hydrogen-bond acceptors (Lipinski definition) is 5. The molecule has 114 valence electrons. The second-order valence-corrected chi connectivity index (χ2v) is 6.03. The molecule has 1 aromatic carbocycles. The zero-order valence-corrected chi connectivity index (χ0v) is 13.3. The molecule has 1 amide bonds. The van der Waals surface area contributed by atoms with E-state index in [1.54, 1.807) is 14.2 Å². The number of ether oxygens (including phenoxy) is 2. The van der Waals surface area contributed by atoms with Gasteiger partial charge in [0.1, 0.15) is 10.6 Å². The summed E-state index contributed by atoms with van der Waals surface area (Å²) >= 11 is 1.38. The molecule has 1 aromatic heterocycles. The second kappa shape index (κ2) is 6.78. The van der Waals surface area contributed by atoms with E-state index in [1.807, 2.05) is 25.1 Å². The van der Waals surface area contributed by atoms with Gasteiger partial charge in [0.2, 0.25) is 0 Å². The third kappa shape index (κ3) is 3.46. The number of methoxy groups -OCH3 is 2. The number of carbonyl (C=O) groups is 1. The van der Waals surface area contributed by atoms with Crippen LogP contribution in [0.1, 0.15) is 16.6 Å². The Hall–Kier alpha value is -1.79. The summed E-state index contributed by atoms with van der Waals surface area (Å²) in [6.07, 6.45) is 0. The van der Waals surface area contributed by atoms with Gasteiger partial charge in [-0.25, -0.2) is 0 Å². The molecule has 21 heavy (non-hydrogen) atoms. The topological polar surface area (TPSA) is 73.6 Å². The van der Waals surface area contributed by atoms with E-state index in [4.69, 9.17) is 15.2 Å². The Labute approximate surface area is 128 Å². The Bertz CT molecular complexity index is 639. The summed E-state index contributed by atoms with van der Waals surface area (Å²) in [5.41, 5.74) is 6.60. The molecule has 0 fully saturated rings. The zero-order valence-electron chi connectivity index (χ0n) is 12.4. The van der Waals surface area contributed by atoms with Crippen LogP contribution in [0.4, 0.5) is 5.69 Å². The lowest BCUT2D eigenvalue weighted by Crippen LogP contribution is -2.29. The van der Waals surface area contributed by atoms with Crippen molar-refractivity contribution in [1.29, 1.82) is 0 Å². The van der Waals surface area contributed by atoms with Crippen molar-refractivity contribution in [2.75, 3.05) is 33.1 Å². The number of amides is 1. The van der Waals surface area contributed by atoms with Gasteiger partial charge < -0.3 is 20.5 Å². The number of fused-ring (bicyclic) bond motifs is 1. The first-order chi connectivity index (χ1) is 10.1. The number of rotatable bonds is 6. The van der Waals surface area contributed by atoms with Gasteiger partial charge in [-0.05, 0) is 24.1 Å². The van der Waals surface area contributed by atoms with Crippen LogP contribution in [0.3, 0.4) is 0 Å². The van der Waals surface area contributed by atoms with Crippen molar-refractivity contribution >= 4 is 33.0 Å². The normalized spacial score (nSPS) is 12.3. The number of thiophene rings is 1. The highest BCUT2D eigenvalue weighted by molar-refractivity contribution is 7.21. The first-order valence-corrected chi connectivity index (χ1v) is 7.51. The van der Waals surface area contributed by atoms with E-state index in [2.05, 4.69) is 5.32 Å². The minimum absolute atomic E-state index is 0.143. The van der Waals surface area contributed by atoms with Crippen LogP contribution < -0.4 is 15.8 Å². The first kappa shape index (κ1) is 15.6. The Kier molecular flexibility index (Phi) is 5.03. The molecule has 1 heterocycles. The average Bonchev–Trinajstić information content (AvgIpc) is 2.81. The van der Waals surface area contributed by atoms with Crippen LogP contribution in [0.2, 0.25) is 0 Å². The van der Waals surface area contributed by atoms with Crippen LogP contribution in [0.15, 0.2) is 18.2 Å². The highest BCUT2D eigenvalue weighted by Crippen LogP contribution is 2.35.